The number of nitrogens with one attached hydrogen (secondary N) is 1. The molecule has 3 unspecified atom stereocenters. The molecule has 2 aliphatic carbocycles. The van der Waals surface area contributed by atoms with Crippen molar-refractivity contribution >= 4 is 0 Å². The highest BCUT2D eigenvalue weighted by Crippen LogP contribution is 2.38. The molecule has 0 saturated heterocycles. The highest BCUT2D eigenvalue weighted by atomic mass is 14.9. The van der Waals surface area contributed by atoms with Crippen LogP contribution in [0.15, 0.2) is 0 Å². The Morgan fingerprint density at radius 3 is 2.56 bits per heavy atom. The molecule has 1 nitrogen and oxygen atoms in total. The van der Waals surface area contributed by atoms with Crippen molar-refractivity contribution in [2.45, 2.75) is 71.3 Å². The zero-order chi connectivity index (χ0) is 11.4. The van der Waals surface area contributed by atoms with Gasteiger partial charge in [-0.3, -0.25) is 0 Å². The van der Waals surface area contributed by atoms with Crippen LogP contribution in [0.4, 0.5) is 0 Å². The predicted octanol–water partition coefficient (Wildman–Crippen LogP) is 3.98. The molecule has 0 aromatic rings. The molecule has 3 atom stereocenters. The van der Waals surface area contributed by atoms with E-state index < -0.39 is 0 Å². The maximum atomic E-state index is 3.82. The van der Waals surface area contributed by atoms with E-state index in [2.05, 4.69) is 19.2 Å². The molecule has 0 radical (unpaired) electrons. The average Bonchev–Trinajstić information content (AvgIpc) is 3.02. The van der Waals surface area contributed by atoms with E-state index in [1.807, 2.05) is 0 Å². The third-order valence-corrected chi connectivity index (χ3v) is 4.68. The Hall–Kier alpha value is -0.0400. The highest BCUT2D eigenvalue weighted by molar-refractivity contribution is 4.86. The summed E-state index contributed by atoms with van der Waals surface area (Å²) in [5.74, 6) is 3.04. The van der Waals surface area contributed by atoms with Crippen molar-refractivity contribution in [3.05, 3.63) is 0 Å². The second-order valence-electron chi connectivity index (χ2n) is 6.15. The standard InChI is InChI=1S/C15H29N/c1-3-11-16-15(10-9-13-7-8-13)14-6-4-5-12(14)2/h12-16H,3-11H2,1-2H3. The molecule has 16 heavy (non-hydrogen) atoms. The van der Waals surface area contributed by atoms with E-state index in [0.717, 1.165) is 23.8 Å². The molecule has 2 aliphatic rings. The van der Waals surface area contributed by atoms with Gasteiger partial charge in [0.2, 0.25) is 0 Å². The van der Waals surface area contributed by atoms with Crippen LogP contribution in [-0.2, 0) is 0 Å². The molecule has 0 spiro atoms. The first kappa shape index (κ1) is 12.4. The fourth-order valence-electron chi connectivity index (χ4n) is 3.39. The normalized spacial score (nSPS) is 31.9. The zero-order valence-corrected chi connectivity index (χ0v) is 11.2. The van der Waals surface area contributed by atoms with Gasteiger partial charge in [0.15, 0.2) is 0 Å². The summed E-state index contributed by atoms with van der Waals surface area (Å²) in [5, 5.41) is 3.82. The fourth-order valence-corrected chi connectivity index (χ4v) is 3.39. The molecule has 0 aliphatic heterocycles. The Balaban J connectivity index is 1.79. The Labute approximate surface area is 101 Å². The van der Waals surface area contributed by atoms with Crippen LogP contribution in [0, 0.1) is 17.8 Å². The molecule has 2 fully saturated rings. The van der Waals surface area contributed by atoms with E-state index in [0.29, 0.717) is 0 Å². The third-order valence-electron chi connectivity index (χ3n) is 4.68. The largest absolute Gasteiger partial charge is 0.314 e. The molecule has 2 saturated carbocycles. The summed E-state index contributed by atoms with van der Waals surface area (Å²) in [6.45, 7) is 5.97. The van der Waals surface area contributed by atoms with Gasteiger partial charge in [-0.1, -0.05) is 39.5 Å². The third kappa shape index (κ3) is 3.48. The molecule has 94 valence electrons. The first-order valence-corrected chi connectivity index (χ1v) is 7.54. The summed E-state index contributed by atoms with van der Waals surface area (Å²) in [4.78, 5) is 0. The van der Waals surface area contributed by atoms with E-state index >= 15 is 0 Å². The summed E-state index contributed by atoms with van der Waals surface area (Å²) >= 11 is 0. The van der Waals surface area contributed by atoms with Gasteiger partial charge in [-0.05, 0) is 50.0 Å². The van der Waals surface area contributed by atoms with Crippen molar-refractivity contribution in [2.24, 2.45) is 17.8 Å². The minimum atomic E-state index is 0.832. The molecule has 2 rings (SSSR count). The summed E-state index contributed by atoms with van der Waals surface area (Å²) in [6.07, 6.45) is 11.7. The van der Waals surface area contributed by atoms with Gasteiger partial charge in [-0.15, -0.1) is 0 Å². The molecule has 0 aromatic carbocycles. The van der Waals surface area contributed by atoms with Gasteiger partial charge in [-0.2, -0.15) is 0 Å². The Morgan fingerprint density at radius 1 is 1.19 bits per heavy atom. The Morgan fingerprint density at radius 2 is 2.00 bits per heavy atom. The van der Waals surface area contributed by atoms with Crippen molar-refractivity contribution in [3.63, 3.8) is 0 Å². The van der Waals surface area contributed by atoms with Crippen molar-refractivity contribution in [2.75, 3.05) is 6.54 Å². The van der Waals surface area contributed by atoms with Crippen LogP contribution in [0.5, 0.6) is 0 Å². The van der Waals surface area contributed by atoms with Crippen molar-refractivity contribution in [1.29, 1.82) is 0 Å². The van der Waals surface area contributed by atoms with E-state index in [1.54, 1.807) is 0 Å². The molecule has 0 bridgehead atoms. The molecule has 0 heterocycles. The molecule has 0 amide bonds. The Kier molecular flexibility index (Phi) is 4.69. The van der Waals surface area contributed by atoms with E-state index in [9.17, 15) is 0 Å². The summed E-state index contributed by atoms with van der Waals surface area (Å²) in [5.41, 5.74) is 0. The minimum Gasteiger partial charge on any atom is -0.314 e. The molecule has 0 aromatic heterocycles. The summed E-state index contributed by atoms with van der Waals surface area (Å²) in [6, 6.07) is 0.832. The van der Waals surface area contributed by atoms with Crippen LogP contribution in [0.25, 0.3) is 0 Å². The molecule has 1 heteroatoms. The van der Waals surface area contributed by atoms with Crippen LogP contribution in [0.3, 0.4) is 0 Å². The van der Waals surface area contributed by atoms with Crippen LogP contribution in [0.1, 0.15) is 65.2 Å². The number of hydrogen-bond acceptors (Lipinski definition) is 1. The molecular weight excluding hydrogens is 194 g/mol. The highest BCUT2D eigenvalue weighted by Gasteiger charge is 2.31. The maximum Gasteiger partial charge on any atom is 0.00979 e. The van der Waals surface area contributed by atoms with Crippen LogP contribution in [-0.4, -0.2) is 12.6 Å². The van der Waals surface area contributed by atoms with Crippen LogP contribution < -0.4 is 5.32 Å². The number of rotatable bonds is 7. The minimum absolute atomic E-state index is 0.832. The topological polar surface area (TPSA) is 12.0 Å². The molecule has 1 N–H and O–H groups in total. The van der Waals surface area contributed by atoms with Crippen molar-refractivity contribution < 1.29 is 0 Å². The predicted molar refractivity (Wildman–Crippen MR) is 70.5 cm³/mol. The lowest BCUT2D eigenvalue weighted by molar-refractivity contribution is 0.276. The lowest BCUT2D eigenvalue weighted by Crippen LogP contribution is -2.38. The van der Waals surface area contributed by atoms with Crippen molar-refractivity contribution in [3.8, 4) is 0 Å². The second kappa shape index (κ2) is 6.05. The number of hydrogen-bond donors (Lipinski definition) is 1. The van der Waals surface area contributed by atoms with Gasteiger partial charge in [0.05, 0.1) is 0 Å². The van der Waals surface area contributed by atoms with Crippen LogP contribution in [0.2, 0.25) is 0 Å². The first-order valence-electron chi connectivity index (χ1n) is 7.54. The monoisotopic (exact) mass is 223 g/mol. The van der Waals surface area contributed by atoms with Gasteiger partial charge < -0.3 is 5.32 Å². The summed E-state index contributed by atoms with van der Waals surface area (Å²) < 4.78 is 0. The van der Waals surface area contributed by atoms with Gasteiger partial charge in [0, 0.05) is 6.04 Å². The zero-order valence-electron chi connectivity index (χ0n) is 11.2. The Bertz CT molecular complexity index is 198. The van der Waals surface area contributed by atoms with Crippen molar-refractivity contribution in [1.82, 2.24) is 5.32 Å². The average molecular weight is 223 g/mol. The summed E-state index contributed by atoms with van der Waals surface area (Å²) in [7, 11) is 0. The van der Waals surface area contributed by atoms with Gasteiger partial charge in [-0.25, -0.2) is 0 Å². The quantitative estimate of drug-likeness (QED) is 0.688. The van der Waals surface area contributed by atoms with E-state index in [4.69, 9.17) is 0 Å². The van der Waals surface area contributed by atoms with E-state index in [1.165, 1.54) is 57.9 Å². The second-order valence-corrected chi connectivity index (χ2v) is 6.15. The SMILES string of the molecule is CCCNC(CCC1CC1)C1CCCC1C. The van der Waals surface area contributed by atoms with Gasteiger partial charge >= 0.3 is 0 Å². The van der Waals surface area contributed by atoms with Gasteiger partial charge in [0.25, 0.3) is 0 Å². The lowest BCUT2D eigenvalue weighted by Gasteiger charge is -2.28. The van der Waals surface area contributed by atoms with Crippen LogP contribution >= 0.6 is 0 Å². The fraction of sp³-hybridized carbons (Fsp3) is 1.00. The van der Waals surface area contributed by atoms with E-state index in [-0.39, 0.29) is 0 Å². The smallest absolute Gasteiger partial charge is 0.00979 e. The lowest BCUT2D eigenvalue weighted by atomic mass is 9.87. The molecular formula is C15H29N. The first-order chi connectivity index (χ1) is 7.81. The maximum absolute atomic E-state index is 3.82. The van der Waals surface area contributed by atoms with Gasteiger partial charge in [0.1, 0.15) is 0 Å².